The average molecular weight is 241 g/mol. The van der Waals surface area contributed by atoms with Crippen LogP contribution >= 0.6 is 11.8 Å². The zero-order valence-electron chi connectivity index (χ0n) is 9.42. The fourth-order valence-electron chi connectivity index (χ4n) is 1.42. The van der Waals surface area contributed by atoms with Crippen LogP contribution in [0.2, 0.25) is 0 Å². The zero-order valence-corrected chi connectivity index (χ0v) is 10.2. The molecule has 4 heteroatoms. The van der Waals surface area contributed by atoms with E-state index < -0.39 is 0 Å². The van der Waals surface area contributed by atoms with Gasteiger partial charge in [-0.15, -0.1) is 11.8 Å². The largest absolute Gasteiger partial charge is 0.242 e. The Bertz CT molecular complexity index is 561. The molecule has 0 spiro atoms. The predicted octanol–water partition coefficient (Wildman–Crippen LogP) is 2.95. The lowest BCUT2D eigenvalue weighted by molar-refractivity contribution is 1.01. The van der Waals surface area contributed by atoms with E-state index in [0.29, 0.717) is 0 Å². The van der Waals surface area contributed by atoms with Crippen LogP contribution in [0.1, 0.15) is 16.8 Å². The Kier molecular flexibility index (Phi) is 3.73. The highest BCUT2D eigenvalue weighted by atomic mass is 32.2. The molecule has 84 valence electrons. The maximum absolute atomic E-state index is 8.97. The molecule has 2 rings (SSSR count). The van der Waals surface area contributed by atoms with Gasteiger partial charge in [-0.2, -0.15) is 5.26 Å². The Balaban J connectivity index is 2.10. The number of benzene rings is 1. The van der Waals surface area contributed by atoms with Gasteiger partial charge in [0, 0.05) is 11.4 Å². The monoisotopic (exact) mass is 241 g/mol. The van der Waals surface area contributed by atoms with Crippen molar-refractivity contribution in [2.45, 2.75) is 17.7 Å². The highest BCUT2D eigenvalue weighted by Crippen LogP contribution is 2.22. The number of aromatic nitrogens is 2. The molecular weight excluding hydrogens is 230 g/mol. The van der Waals surface area contributed by atoms with Gasteiger partial charge in [0.05, 0.1) is 16.7 Å². The standard InChI is InChI=1S/C13H11N3S/c1-10-6-13(16-9-15-10)17-8-12-5-3-2-4-11(12)7-14/h2-6,9H,8H2,1H3. The van der Waals surface area contributed by atoms with E-state index in [9.17, 15) is 0 Å². The fourth-order valence-corrected chi connectivity index (χ4v) is 2.35. The van der Waals surface area contributed by atoms with E-state index in [1.165, 1.54) is 0 Å². The SMILES string of the molecule is Cc1cc(SCc2ccccc2C#N)ncn1. The summed E-state index contributed by atoms with van der Waals surface area (Å²) in [6, 6.07) is 11.8. The van der Waals surface area contributed by atoms with Gasteiger partial charge >= 0.3 is 0 Å². The topological polar surface area (TPSA) is 49.6 Å². The first-order chi connectivity index (χ1) is 8.29. The second kappa shape index (κ2) is 5.46. The van der Waals surface area contributed by atoms with Gasteiger partial charge in [0.1, 0.15) is 6.33 Å². The quantitative estimate of drug-likeness (QED) is 0.612. The van der Waals surface area contributed by atoms with Crippen LogP contribution in [0.5, 0.6) is 0 Å². The molecule has 1 aromatic heterocycles. The summed E-state index contributed by atoms with van der Waals surface area (Å²) >= 11 is 1.61. The van der Waals surface area contributed by atoms with Gasteiger partial charge in [-0.05, 0) is 24.6 Å². The molecule has 0 atom stereocenters. The van der Waals surface area contributed by atoms with Crippen molar-refractivity contribution >= 4 is 11.8 Å². The van der Waals surface area contributed by atoms with Gasteiger partial charge in [0.25, 0.3) is 0 Å². The fraction of sp³-hybridized carbons (Fsp3) is 0.154. The minimum atomic E-state index is 0.728. The van der Waals surface area contributed by atoms with E-state index in [4.69, 9.17) is 5.26 Å². The molecule has 17 heavy (non-hydrogen) atoms. The van der Waals surface area contributed by atoms with Gasteiger partial charge in [0.2, 0.25) is 0 Å². The molecule has 1 heterocycles. The van der Waals surface area contributed by atoms with Gasteiger partial charge in [-0.1, -0.05) is 18.2 Å². The second-order valence-electron chi connectivity index (χ2n) is 3.56. The van der Waals surface area contributed by atoms with Crippen LogP contribution in [-0.2, 0) is 5.75 Å². The molecule has 0 saturated heterocycles. The summed E-state index contributed by atoms with van der Waals surface area (Å²) in [5, 5.41) is 9.91. The predicted molar refractivity (Wildman–Crippen MR) is 67.5 cm³/mol. The van der Waals surface area contributed by atoms with Crippen LogP contribution in [0, 0.1) is 18.3 Å². The molecule has 2 aromatic rings. The minimum Gasteiger partial charge on any atom is -0.242 e. The Morgan fingerprint density at radius 3 is 2.88 bits per heavy atom. The molecule has 0 fully saturated rings. The lowest BCUT2D eigenvalue weighted by Crippen LogP contribution is -1.89. The summed E-state index contributed by atoms with van der Waals surface area (Å²) < 4.78 is 0. The number of nitriles is 1. The lowest BCUT2D eigenvalue weighted by Gasteiger charge is -2.03. The molecular formula is C13H11N3S. The summed E-state index contributed by atoms with van der Waals surface area (Å²) in [6.45, 7) is 1.94. The molecule has 0 N–H and O–H groups in total. The number of nitrogens with zero attached hydrogens (tertiary/aromatic N) is 3. The van der Waals surface area contributed by atoms with E-state index in [-0.39, 0.29) is 0 Å². The van der Waals surface area contributed by atoms with Crippen LogP contribution in [-0.4, -0.2) is 9.97 Å². The minimum absolute atomic E-state index is 0.728. The number of hydrogen-bond donors (Lipinski definition) is 0. The molecule has 0 unspecified atom stereocenters. The Morgan fingerprint density at radius 1 is 1.29 bits per heavy atom. The summed E-state index contributed by atoms with van der Waals surface area (Å²) in [7, 11) is 0. The van der Waals surface area contributed by atoms with Crippen molar-refractivity contribution in [2.24, 2.45) is 0 Å². The third-order valence-corrected chi connectivity index (χ3v) is 3.27. The van der Waals surface area contributed by atoms with Crippen molar-refractivity contribution in [2.75, 3.05) is 0 Å². The normalized spacial score (nSPS) is 9.88. The van der Waals surface area contributed by atoms with E-state index in [2.05, 4.69) is 16.0 Å². The average Bonchev–Trinajstić information content (AvgIpc) is 2.37. The molecule has 0 aliphatic rings. The van der Waals surface area contributed by atoms with Crippen LogP contribution in [0.3, 0.4) is 0 Å². The third kappa shape index (κ3) is 3.05. The molecule has 3 nitrogen and oxygen atoms in total. The van der Waals surface area contributed by atoms with Crippen LogP contribution < -0.4 is 0 Å². The third-order valence-electron chi connectivity index (χ3n) is 2.29. The van der Waals surface area contributed by atoms with Gasteiger partial charge in [0.15, 0.2) is 0 Å². The Hall–Kier alpha value is -1.86. The van der Waals surface area contributed by atoms with Crippen molar-refractivity contribution in [1.29, 1.82) is 5.26 Å². The van der Waals surface area contributed by atoms with E-state index in [1.807, 2.05) is 37.3 Å². The maximum Gasteiger partial charge on any atom is 0.116 e. The number of rotatable bonds is 3. The van der Waals surface area contributed by atoms with Crippen LogP contribution in [0.25, 0.3) is 0 Å². The molecule has 0 saturated carbocycles. The molecule has 0 bridgehead atoms. The highest BCUT2D eigenvalue weighted by molar-refractivity contribution is 7.98. The number of thioether (sulfide) groups is 1. The first-order valence-electron chi connectivity index (χ1n) is 5.19. The van der Waals surface area contributed by atoms with Crippen molar-refractivity contribution in [3.05, 3.63) is 53.5 Å². The van der Waals surface area contributed by atoms with Crippen molar-refractivity contribution < 1.29 is 0 Å². The van der Waals surface area contributed by atoms with E-state index >= 15 is 0 Å². The lowest BCUT2D eigenvalue weighted by atomic mass is 10.1. The zero-order chi connectivity index (χ0) is 12.1. The van der Waals surface area contributed by atoms with Gasteiger partial charge in [-0.25, -0.2) is 9.97 Å². The number of hydrogen-bond acceptors (Lipinski definition) is 4. The molecule has 0 amide bonds. The van der Waals surface area contributed by atoms with Gasteiger partial charge < -0.3 is 0 Å². The van der Waals surface area contributed by atoms with E-state index in [1.54, 1.807) is 18.1 Å². The number of aryl methyl sites for hydroxylation is 1. The van der Waals surface area contributed by atoms with Crippen molar-refractivity contribution in [3.63, 3.8) is 0 Å². The first-order valence-corrected chi connectivity index (χ1v) is 6.17. The molecule has 0 aliphatic carbocycles. The smallest absolute Gasteiger partial charge is 0.116 e. The van der Waals surface area contributed by atoms with E-state index in [0.717, 1.165) is 27.6 Å². The molecule has 1 aromatic carbocycles. The summed E-state index contributed by atoms with van der Waals surface area (Å²) in [6.07, 6.45) is 1.56. The van der Waals surface area contributed by atoms with Crippen LogP contribution in [0.4, 0.5) is 0 Å². The highest BCUT2D eigenvalue weighted by Gasteiger charge is 2.02. The summed E-state index contributed by atoms with van der Waals surface area (Å²) in [5.74, 6) is 0.750. The molecule has 0 aliphatic heterocycles. The first kappa shape index (κ1) is 11.6. The Morgan fingerprint density at radius 2 is 2.12 bits per heavy atom. The van der Waals surface area contributed by atoms with Gasteiger partial charge in [-0.3, -0.25) is 0 Å². The Labute approximate surface area is 105 Å². The van der Waals surface area contributed by atoms with Crippen LogP contribution in [0.15, 0.2) is 41.7 Å². The maximum atomic E-state index is 8.97. The summed E-state index contributed by atoms with van der Waals surface area (Å²) in [4.78, 5) is 8.23. The molecule has 0 radical (unpaired) electrons. The van der Waals surface area contributed by atoms with Crippen molar-refractivity contribution in [3.8, 4) is 6.07 Å². The second-order valence-corrected chi connectivity index (χ2v) is 4.55. The summed E-state index contributed by atoms with van der Waals surface area (Å²) in [5.41, 5.74) is 2.72. The van der Waals surface area contributed by atoms with Crippen molar-refractivity contribution in [1.82, 2.24) is 9.97 Å².